The highest BCUT2D eigenvalue weighted by Gasteiger charge is 2.37. The quantitative estimate of drug-likeness (QED) is 0.485. The zero-order chi connectivity index (χ0) is 22.0. The smallest absolute Gasteiger partial charge is 0.174 e. The van der Waals surface area contributed by atoms with Crippen LogP contribution in [-0.4, -0.2) is 12.7 Å². The number of halogens is 3. The summed E-state index contributed by atoms with van der Waals surface area (Å²) in [7, 11) is 0. The van der Waals surface area contributed by atoms with Gasteiger partial charge in [0.1, 0.15) is 5.82 Å². The van der Waals surface area contributed by atoms with E-state index in [1.807, 2.05) is 6.92 Å². The maximum absolute atomic E-state index is 15.0. The topological polar surface area (TPSA) is 9.23 Å². The molecule has 4 unspecified atom stereocenters. The third kappa shape index (κ3) is 4.83. The van der Waals surface area contributed by atoms with E-state index in [4.69, 9.17) is 4.74 Å². The second kappa shape index (κ2) is 9.49. The van der Waals surface area contributed by atoms with Crippen molar-refractivity contribution in [3.05, 3.63) is 70.0 Å². The lowest BCUT2D eigenvalue weighted by molar-refractivity contribution is -0.00970. The van der Waals surface area contributed by atoms with E-state index >= 15 is 0 Å². The minimum absolute atomic E-state index is 0.0351. The van der Waals surface area contributed by atoms with Crippen LogP contribution in [0, 0.1) is 48.1 Å². The van der Waals surface area contributed by atoms with Gasteiger partial charge in [-0.2, -0.15) is 0 Å². The molecule has 1 nitrogen and oxygen atoms in total. The van der Waals surface area contributed by atoms with Crippen molar-refractivity contribution in [2.24, 2.45) is 11.8 Å². The Labute approximate surface area is 183 Å². The van der Waals surface area contributed by atoms with Crippen LogP contribution in [0.25, 0.3) is 0 Å². The predicted octanol–water partition coefficient (Wildman–Crippen LogP) is 6.90. The third-order valence-corrected chi connectivity index (χ3v) is 6.98. The lowest BCUT2D eigenvalue weighted by Gasteiger charge is -2.42. The van der Waals surface area contributed by atoms with Gasteiger partial charge in [-0.05, 0) is 99.5 Å². The Morgan fingerprint density at radius 2 is 1.58 bits per heavy atom. The first kappa shape index (κ1) is 22.0. The molecule has 0 N–H and O–H groups in total. The van der Waals surface area contributed by atoms with Crippen molar-refractivity contribution in [3.63, 3.8) is 0 Å². The molecular formula is C27H29F3O. The molecule has 2 aliphatic rings. The minimum Gasteiger partial charge on any atom is -0.378 e. The third-order valence-electron chi connectivity index (χ3n) is 6.98. The van der Waals surface area contributed by atoms with E-state index in [1.165, 1.54) is 12.1 Å². The average molecular weight is 427 g/mol. The molecule has 0 bridgehead atoms. The summed E-state index contributed by atoms with van der Waals surface area (Å²) in [5.74, 6) is 4.27. The summed E-state index contributed by atoms with van der Waals surface area (Å²) in [6.07, 6.45) is 6.41. The van der Waals surface area contributed by atoms with Gasteiger partial charge in [0.2, 0.25) is 0 Å². The summed E-state index contributed by atoms with van der Waals surface area (Å²) >= 11 is 0. The fourth-order valence-corrected chi connectivity index (χ4v) is 5.35. The molecule has 0 amide bonds. The number of rotatable bonds is 3. The van der Waals surface area contributed by atoms with Crippen molar-refractivity contribution in [2.75, 3.05) is 6.61 Å². The number of ether oxygens (including phenoxy) is 1. The van der Waals surface area contributed by atoms with Gasteiger partial charge in [0.25, 0.3) is 0 Å². The number of hydrogen-bond donors (Lipinski definition) is 0. The van der Waals surface area contributed by atoms with Crippen LogP contribution in [0.4, 0.5) is 13.2 Å². The summed E-state index contributed by atoms with van der Waals surface area (Å²) in [6, 6.07) is 7.88. The summed E-state index contributed by atoms with van der Waals surface area (Å²) < 4.78 is 49.5. The summed E-state index contributed by atoms with van der Waals surface area (Å²) in [4.78, 5) is 0. The van der Waals surface area contributed by atoms with Gasteiger partial charge in [-0.1, -0.05) is 24.0 Å². The van der Waals surface area contributed by atoms with E-state index in [-0.39, 0.29) is 17.0 Å². The van der Waals surface area contributed by atoms with E-state index < -0.39 is 17.5 Å². The van der Waals surface area contributed by atoms with Gasteiger partial charge in [0, 0.05) is 6.61 Å². The molecule has 0 heterocycles. The Balaban J connectivity index is 1.49. The highest BCUT2D eigenvalue weighted by atomic mass is 19.2. The lowest BCUT2D eigenvalue weighted by atomic mass is 9.65. The highest BCUT2D eigenvalue weighted by molar-refractivity contribution is 5.46. The normalized spacial score (nSPS) is 25.5. The molecule has 2 aromatic carbocycles. The SMILES string of the molecule is CCOC1CCC2CC(c3ccc(C#Cc4ccc(C)cc4F)c(F)c3F)CCC2C1. The fraction of sp³-hybridized carbons (Fsp3) is 0.481. The van der Waals surface area contributed by atoms with Crippen LogP contribution in [0.15, 0.2) is 30.3 Å². The first-order chi connectivity index (χ1) is 15.0. The second-order valence-electron chi connectivity index (χ2n) is 8.98. The van der Waals surface area contributed by atoms with E-state index in [9.17, 15) is 13.2 Å². The average Bonchev–Trinajstić information content (AvgIpc) is 2.76. The largest absolute Gasteiger partial charge is 0.378 e. The maximum atomic E-state index is 15.0. The molecule has 4 heteroatoms. The molecule has 31 heavy (non-hydrogen) atoms. The van der Waals surface area contributed by atoms with Crippen molar-refractivity contribution >= 4 is 0 Å². The Kier molecular flexibility index (Phi) is 6.72. The Bertz CT molecular complexity index is 1000. The maximum Gasteiger partial charge on any atom is 0.174 e. The van der Waals surface area contributed by atoms with Gasteiger partial charge < -0.3 is 4.74 Å². The van der Waals surface area contributed by atoms with Gasteiger partial charge in [0.15, 0.2) is 11.6 Å². The number of hydrogen-bond acceptors (Lipinski definition) is 1. The standard InChI is InChI=1S/C27H29F3O/c1-3-31-23-12-10-20-15-22(9-8-21(20)16-23)24-13-11-19(26(29)27(24)30)7-6-18-5-4-17(2)14-25(18)28/h4-5,11,13-14,20-23H,3,8-10,12,15-16H2,1-2H3. The van der Waals surface area contributed by atoms with Crippen LogP contribution in [0.2, 0.25) is 0 Å². The van der Waals surface area contributed by atoms with Crippen molar-refractivity contribution in [2.45, 2.75) is 64.4 Å². The lowest BCUT2D eigenvalue weighted by Crippen LogP contribution is -2.34. The summed E-state index contributed by atoms with van der Waals surface area (Å²) in [5.41, 5.74) is 1.38. The highest BCUT2D eigenvalue weighted by Crippen LogP contribution is 2.47. The second-order valence-corrected chi connectivity index (χ2v) is 8.98. The van der Waals surface area contributed by atoms with Crippen molar-refractivity contribution < 1.29 is 17.9 Å². The Morgan fingerprint density at radius 1 is 0.871 bits per heavy atom. The van der Waals surface area contributed by atoms with Crippen molar-refractivity contribution in [3.8, 4) is 11.8 Å². The molecule has 0 spiro atoms. The predicted molar refractivity (Wildman–Crippen MR) is 116 cm³/mol. The zero-order valence-corrected chi connectivity index (χ0v) is 18.2. The molecule has 4 rings (SSSR count). The molecular weight excluding hydrogens is 397 g/mol. The van der Waals surface area contributed by atoms with Gasteiger partial charge in [-0.3, -0.25) is 0 Å². The van der Waals surface area contributed by atoms with Crippen molar-refractivity contribution in [1.29, 1.82) is 0 Å². The molecule has 0 aromatic heterocycles. The van der Waals surface area contributed by atoms with Gasteiger partial charge in [-0.15, -0.1) is 0 Å². The molecule has 164 valence electrons. The molecule has 2 aromatic rings. The Morgan fingerprint density at radius 3 is 2.35 bits per heavy atom. The number of fused-ring (bicyclic) bond motifs is 1. The van der Waals surface area contributed by atoms with Crippen LogP contribution >= 0.6 is 0 Å². The molecule has 0 radical (unpaired) electrons. The molecule has 2 fully saturated rings. The monoisotopic (exact) mass is 426 g/mol. The van der Waals surface area contributed by atoms with Crippen LogP contribution in [0.3, 0.4) is 0 Å². The van der Waals surface area contributed by atoms with E-state index in [0.29, 0.717) is 23.5 Å². The van der Waals surface area contributed by atoms with Gasteiger partial charge in [0.05, 0.1) is 17.2 Å². The fourth-order valence-electron chi connectivity index (χ4n) is 5.35. The molecule has 0 aliphatic heterocycles. The van der Waals surface area contributed by atoms with E-state index in [0.717, 1.165) is 50.7 Å². The first-order valence-corrected chi connectivity index (χ1v) is 11.3. The number of benzene rings is 2. The van der Waals surface area contributed by atoms with Crippen LogP contribution in [-0.2, 0) is 4.74 Å². The molecule has 2 saturated carbocycles. The van der Waals surface area contributed by atoms with Crippen LogP contribution < -0.4 is 0 Å². The first-order valence-electron chi connectivity index (χ1n) is 11.3. The van der Waals surface area contributed by atoms with E-state index in [2.05, 4.69) is 11.8 Å². The minimum atomic E-state index is -0.931. The molecule has 2 aliphatic carbocycles. The van der Waals surface area contributed by atoms with E-state index in [1.54, 1.807) is 25.1 Å². The molecule has 4 atom stereocenters. The van der Waals surface area contributed by atoms with Crippen molar-refractivity contribution in [1.82, 2.24) is 0 Å². The zero-order valence-electron chi connectivity index (χ0n) is 18.2. The summed E-state index contributed by atoms with van der Waals surface area (Å²) in [5, 5.41) is 0. The van der Waals surface area contributed by atoms with Crippen LogP contribution in [0.1, 0.15) is 73.6 Å². The van der Waals surface area contributed by atoms with Gasteiger partial charge >= 0.3 is 0 Å². The number of aryl methyl sites for hydroxylation is 1. The van der Waals surface area contributed by atoms with Gasteiger partial charge in [-0.25, -0.2) is 13.2 Å². The Hall–Kier alpha value is -2.25. The van der Waals surface area contributed by atoms with Crippen LogP contribution in [0.5, 0.6) is 0 Å². The molecule has 0 saturated heterocycles. The summed E-state index contributed by atoms with van der Waals surface area (Å²) in [6.45, 7) is 4.57.